The van der Waals surface area contributed by atoms with Gasteiger partial charge in [0.05, 0.1) is 18.3 Å². The van der Waals surface area contributed by atoms with Gasteiger partial charge in [-0.15, -0.1) is 0 Å². The first-order chi connectivity index (χ1) is 6.11. The molecule has 0 aliphatic carbocycles. The number of allylic oxidation sites excluding steroid dienone is 1. The molecular weight excluding hydrogens is 168 g/mol. The normalized spacial score (nSPS) is 17.2. The number of ether oxygens (including phenoxy) is 2. The molecule has 1 aliphatic rings. The van der Waals surface area contributed by atoms with Crippen molar-refractivity contribution in [1.29, 1.82) is 0 Å². The Balaban J connectivity index is 2.64. The zero-order valence-corrected chi connectivity index (χ0v) is 8.42. The second kappa shape index (κ2) is 4.30. The molecule has 0 saturated heterocycles. The van der Waals surface area contributed by atoms with Crippen molar-refractivity contribution in [3.8, 4) is 0 Å². The molecule has 0 atom stereocenters. The predicted octanol–water partition coefficient (Wildman–Crippen LogP) is 2.02. The summed E-state index contributed by atoms with van der Waals surface area (Å²) in [5, 5.41) is 0. The molecule has 3 nitrogen and oxygen atoms in total. The predicted molar refractivity (Wildman–Crippen MR) is 49.1 cm³/mol. The van der Waals surface area contributed by atoms with Crippen LogP contribution in [-0.4, -0.2) is 18.7 Å². The third kappa shape index (κ3) is 2.76. The molecule has 74 valence electrons. The zero-order chi connectivity index (χ0) is 9.84. The molecule has 1 aliphatic heterocycles. The lowest BCUT2D eigenvalue weighted by Gasteiger charge is -2.18. The molecule has 0 amide bonds. The molecular formula is C10H16O3. The summed E-state index contributed by atoms with van der Waals surface area (Å²) in [6, 6.07) is 0. The van der Waals surface area contributed by atoms with Gasteiger partial charge in [0, 0.05) is 0 Å². The highest BCUT2D eigenvalue weighted by molar-refractivity contribution is 5.89. The van der Waals surface area contributed by atoms with Crippen LogP contribution in [0.2, 0.25) is 0 Å². The quantitative estimate of drug-likeness (QED) is 0.616. The summed E-state index contributed by atoms with van der Waals surface area (Å²) >= 11 is 0. The van der Waals surface area contributed by atoms with Crippen LogP contribution in [0.5, 0.6) is 0 Å². The van der Waals surface area contributed by atoms with Gasteiger partial charge in [0.15, 0.2) is 0 Å². The first kappa shape index (κ1) is 10.1. The summed E-state index contributed by atoms with van der Waals surface area (Å²) < 4.78 is 10.4. The Morgan fingerprint density at radius 1 is 1.54 bits per heavy atom. The van der Waals surface area contributed by atoms with Gasteiger partial charge in [-0.1, -0.05) is 0 Å². The third-order valence-corrected chi connectivity index (χ3v) is 1.90. The van der Waals surface area contributed by atoms with E-state index in [0.717, 1.165) is 18.6 Å². The smallest absolute Gasteiger partial charge is 0.337 e. The highest BCUT2D eigenvalue weighted by Gasteiger charge is 2.19. The van der Waals surface area contributed by atoms with Crippen molar-refractivity contribution >= 4 is 5.97 Å². The van der Waals surface area contributed by atoms with Gasteiger partial charge in [-0.25, -0.2) is 4.79 Å². The molecule has 0 unspecified atom stereocenters. The number of hydrogen-bond donors (Lipinski definition) is 0. The van der Waals surface area contributed by atoms with Crippen molar-refractivity contribution < 1.29 is 14.3 Å². The van der Waals surface area contributed by atoms with E-state index in [1.807, 2.05) is 20.8 Å². The van der Waals surface area contributed by atoms with Crippen molar-refractivity contribution in [1.82, 2.24) is 0 Å². The van der Waals surface area contributed by atoms with Crippen LogP contribution in [0.25, 0.3) is 0 Å². The Labute approximate surface area is 78.7 Å². The standard InChI is InChI=1S/C10H16O3/c1-7(2)13-10(11)9-5-4-6-12-8(9)3/h7H,4-6H2,1-3H3. The SMILES string of the molecule is CC1=C(C(=O)OC(C)C)CCCO1. The van der Waals surface area contributed by atoms with Crippen molar-refractivity contribution in [3.05, 3.63) is 11.3 Å². The van der Waals surface area contributed by atoms with E-state index < -0.39 is 0 Å². The molecule has 0 aromatic heterocycles. The van der Waals surface area contributed by atoms with E-state index in [1.54, 1.807) is 0 Å². The molecule has 0 N–H and O–H groups in total. The monoisotopic (exact) mass is 184 g/mol. The number of hydrogen-bond acceptors (Lipinski definition) is 3. The maximum Gasteiger partial charge on any atom is 0.337 e. The first-order valence-corrected chi connectivity index (χ1v) is 4.65. The maximum absolute atomic E-state index is 11.5. The Morgan fingerprint density at radius 3 is 2.77 bits per heavy atom. The molecule has 0 fully saturated rings. The fraction of sp³-hybridized carbons (Fsp3) is 0.700. The third-order valence-electron chi connectivity index (χ3n) is 1.90. The van der Waals surface area contributed by atoms with Gasteiger partial charge in [0.2, 0.25) is 0 Å². The highest BCUT2D eigenvalue weighted by Crippen LogP contribution is 2.20. The molecule has 3 heteroatoms. The van der Waals surface area contributed by atoms with Gasteiger partial charge in [-0.3, -0.25) is 0 Å². The van der Waals surface area contributed by atoms with Crippen LogP contribution in [0.4, 0.5) is 0 Å². The fourth-order valence-electron chi connectivity index (χ4n) is 1.27. The molecule has 0 saturated carbocycles. The summed E-state index contributed by atoms with van der Waals surface area (Å²) in [5.41, 5.74) is 0.694. The minimum atomic E-state index is -0.229. The van der Waals surface area contributed by atoms with Gasteiger partial charge in [-0.2, -0.15) is 0 Å². The van der Waals surface area contributed by atoms with Crippen molar-refractivity contribution in [2.24, 2.45) is 0 Å². The minimum Gasteiger partial charge on any atom is -0.498 e. The molecule has 1 rings (SSSR count). The van der Waals surface area contributed by atoms with Crippen LogP contribution >= 0.6 is 0 Å². The van der Waals surface area contributed by atoms with Gasteiger partial charge in [0.25, 0.3) is 0 Å². The van der Waals surface area contributed by atoms with E-state index in [2.05, 4.69) is 0 Å². The van der Waals surface area contributed by atoms with E-state index in [9.17, 15) is 4.79 Å². The second-order valence-corrected chi connectivity index (χ2v) is 3.44. The minimum absolute atomic E-state index is 0.0604. The van der Waals surface area contributed by atoms with Crippen LogP contribution in [0.3, 0.4) is 0 Å². The van der Waals surface area contributed by atoms with Gasteiger partial charge >= 0.3 is 5.97 Å². The zero-order valence-electron chi connectivity index (χ0n) is 8.42. The number of rotatable bonds is 2. The van der Waals surface area contributed by atoms with E-state index in [1.165, 1.54) is 0 Å². The average molecular weight is 184 g/mol. The summed E-state index contributed by atoms with van der Waals surface area (Å²) in [4.78, 5) is 11.5. The van der Waals surface area contributed by atoms with E-state index >= 15 is 0 Å². The van der Waals surface area contributed by atoms with Crippen molar-refractivity contribution in [2.75, 3.05) is 6.61 Å². The lowest BCUT2D eigenvalue weighted by molar-refractivity contribution is -0.143. The number of esters is 1. The molecule has 0 bridgehead atoms. The van der Waals surface area contributed by atoms with Gasteiger partial charge < -0.3 is 9.47 Å². The maximum atomic E-state index is 11.5. The van der Waals surface area contributed by atoms with Crippen LogP contribution in [0.15, 0.2) is 11.3 Å². The lowest BCUT2D eigenvalue weighted by Crippen LogP contribution is -2.18. The van der Waals surface area contributed by atoms with Crippen LogP contribution in [0, 0.1) is 0 Å². The molecule has 0 aromatic carbocycles. The number of carbonyl (C=O) groups is 1. The molecule has 0 spiro atoms. The van der Waals surface area contributed by atoms with E-state index in [0.29, 0.717) is 12.2 Å². The second-order valence-electron chi connectivity index (χ2n) is 3.44. The van der Waals surface area contributed by atoms with Crippen LogP contribution in [0.1, 0.15) is 33.6 Å². The largest absolute Gasteiger partial charge is 0.498 e. The van der Waals surface area contributed by atoms with Crippen molar-refractivity contribution in [2.45, 2.75) is 39.7 Å². The van der Waals surface area contributed by atoms with E-state index in [-0.39, 0.29) is 12.1 Å². The Bertz CT molecular complexity index is 228. The van der Waals surface area contributed by atoms with Gasteiger partial charge in [-0.05, 0) is 33.6 Å². The molecule has 1 heterocycles. The van der Waals surface area contributed by atoms with Gasteiger partial charge in [0.1, 0.15) is 5.76 Å². The molecule has 13 heavy (non-hydrogen) atoms. The lowest BCUT2D eigenvalue weighted by atomic mass is 10.1. The Kier molecular flexibility index (Phi) is 3.34. The highest BCUT2D eigenvalue weighted by atomic mass is 16.5. The summed E-state index contributed by atoms with van der Waals surface area (Å²) in [5.74, 6) is 0.490. The van der Waals surface area contributed by atoms with E-state index in [4.69, 9.17) is 9.47 Å². The number of carbonyl (C=O) groups excluding carboxylic acids is 1. The first-order valence-electron chi connectivity index (χ1n) is 4.65. The summed E-state index contributed by atoms with van der Waals surface area (Å²) in [6.07, 6.45) is 1.62. The Morgan fingerprint density at radius 2 is 2.23 bits per heavy atom. The topological polar surface area (TPSA) is 35.5 Å². The van der Waals surface area contributed by atoms with Crippen LogP contribution in [-0.2, 0) is 14.3 Å². The van der Waals surface area contributed by atoms with Crippen molar-refractivity contribution in [3.63, 3.8) is 0 Å². The fourth-order valence-corrected chi connectivity index (χ4v) is 1.27. The summed E-state index contributed by atoms with van der Waals surface area (Å²) in [7, 11) is 0. The average Bonchev–Trinajstić information content (AvgIpc) is 2.03. The van der Waals surface area contributed by atoms with Crippen LogP contribution < -0.4 is 0 Å². The molecule has 0 aromatic rings. The molecule has 0 radical (unpaired) electrons. The Hall–Kier alpha value is -0.990. The summed E-state index contributed by atoms with van der Waals surface area (Å²) in [6.45, 7) is 6.22.